The summed E-state index contributed by atoms with van der Waals surface area (Å²) in [5.74, 6) is -0.100. The van der Waals surface area contributed by atoms with E-state index in [2.05, 4.69) is 29.7 Å². The third-order valence-electron chi connectivity index (χ3n) is 3.50. The van der Waals surface area contributed by atoms with Gasteiger partial charge in [0.15, 0.2) is 0 Å². The maximum absolute atomic E-state index is 12.3. The quantitative estimate of drug-likeness (QED) is 0.714. The molecule has 0 heterocycles. The molecule has 0 aliphatic heterocycles. The van der Waals surface area contributed by atoms with E-state index in [1.54, 1.807) is 12.1 Å². The van der Waals surface area contributed by atoms with Gasteiger partial charge in [0.2, 0.25) is 0 Å². The van der Waals surface area contributed by atoms with Crippen LogP contribution >= 0.6 is 0 Å². The summed E-state index contributed by atoms with van der Waals surface area (Å²) in [4.78, 5) is 12.3. The van der Waals surface area contributed by atoms with Gasteiger partial charge < -0.3 is 16.4 Å². The minimum atomic E-state index is -0.100. The van der Waals surface area contributed by atoms with Gasteiger partial charge in [0.05, 0.1) is 5.56 Å². The van der Waals surface area contributed by atoms with Crippen molar-refractivity contribution in [3.8, 4) is 0 Å². The third kappa shape index (κ3) is 4.01. The molecular weight excluding hydrogens is 274 g/mol. The first-order chi connectivity index (χ1) is 10.6. The number of carbonyl (C=O) groups excluding carboxylic acids is 1. The van der Waals surface area contributed by atoms with E-state index < -0.39 is 0 Å². The number of anilines is 2. The van der Waals surface area contributed by atoms with Crippen LogP contribution in [0.2, 0.25) is 0 Å². The second kappa shape index (κ2) is 7.50. The van der Waals surface area contributed by atoms with Crippen LogP contribution in [-0.4, -0.2) is 12.5 Å². The van der Waals surface area contributed by atoms with E-state index in [0.717, 1.165) is 12.1 Å². The molecule has 0 bridgehead atoms. The van der Waals surface area contributed by atoms with Crippen LogP contribution in [0.4, 0.5) is 11.4 Å². The van der Waals surface area contributed by atoms with Crippen LogP contribution in [0.25, 0.3) is 0 Å². The number of nitrogens with one attached hydrogen (secondary N) is 2. The molecule has 0 aliphatic rings. The Bertz CT molecular complexity index is 625. The molecule has 0 saturated carbocycles. The van der Waals surface area contributed by atoms with Crippen LogP contribution in [0.3, 0.4) is 0 Å². The number of nitrogens with two attached hydrogens (primary N) is 1. The Kier molecular flexibility index (Phi) is 5.42. The molecule has 22 heavy (non-hydrogen) atoms. The van der Waals surface area contributed by atoms with E-state index in [4.69, 9.17) is 5.73 Å². The lowest BCUT2D eigenvalue weighted by atomic mass is 10.1. The molecule has 2 aromatic carbocycles. The van der Waals surface area contributed by atoms with Crippen molar-refractivity contribution in [1.29, 1.82) is 0 Å². The van der Waals surface area contributed by atoms with E-state index in [1.165, 1.54) is 5.56 Å². The first kappa shape index (κ1) is 15.9. The van der Waals surface area contributed by atoms with Crippen LogP contribution in [0, 0.1) is 0 Å². The number of rotatable bonds is 6. The molecule has 1 amide bonds. The standard InChI is InChI=1S/C18H23N3O/c1-3-11-20-18(22)16-12-15(19)9-10-17(16)21-13(2)14-7-5-4-6-8-14/h4-10,12-13,21H,3,11,19H2,1-2H3,(H,20,22)/t13-/m1/s1. The van der Waals surface area contributed by atoms with Crippen molar-refractivity contribution < 1.29 is 4.79 Å². The highest BCUT2D eigenvalue weighted by molar-refractivity contribution is 6.00. The number of amides is 1. The summed E-state index contributed by atoms with van der Waals surface area (Å²) in [6.07, 6.45) is 0.900. The third-order valence-corrected chi connectivity index (χ3v) is 3.50. The summed E-state index contributed by atoms with van der Waals surface area (Å²) >= 11 is 0. The molecule has 2 aromatic rings. The molecule has 0 fully saturated rings. The maximum Gasteiger partial charge on any atom is 0.253 e. The van der Waals surface area contributed by atoms with Gasteiger partial charge in [-0.05, 0) is 37.1 Å². The number of carbonyl (C=O) groups is 1. The van der Waals surface area contributed by atoms with Crippen molar-refractivity contribution in [1.82, 2.24) is 5.32 Å². The summed E-state index contributed by atoms with van der Waals surface area (Å²) in [6, 6.07) is 15.6. The number of hydrogen-bond donors (Lipinski definition) is 3. The smallest absolute Gasteiger partial charge is 0.253 e. The monoisotopic (exact) mass is 297 g/mol. The minimum absolute atomic E-state index is 0.0996. The Morgan fingerprint density at radius 2 is 1.91 bits per heavy atom. The highest BCUT2D eigenvalue weighted by Crippen LogP contribution is 2.24. The molecule has 4 heteroatoms. The van der Waals surface area contributed by atoms with Crippen LogP contribution in [0.1, 0.15) is 42.2 Å². The molecule has 0 aliphatic carbocycles. The van der Waals surface area contributed by atoms with Crippen LogP contribution in [0.15, 0.2) is 48.5 Å². The summed E-state index contributed by atoms with van der Waals surface area (Å²) in [6.45, 7) is 4.75. The van der Waals surface area contributed by atoms with Crippen molar-refractivity contribution in [2.24, 2.45) is 0 Å². The molecule has 0 aromatic heterocycles. The predicted octanol–water partition coefficient (Wildman–Crippen LogP) is 3.58. The van der Waals surface area contributed by atoms with Crippen molar-refractivity contribution in [3.63, 3.8) is 0 Å². The Morgan fingerprint density at radius 3 is 2.59 bits per heavy atom. The first-order valence-corrected chi connectivity index (χ1v) is 7.61. The predicted molar refractivity (Wildman–Crippen MR) is 92.0 cm³/mol. The van der Waals surface area contributed by atoms with Gasteiger partial charge in [-0.25, -0.2) is 0 Å². The second-order valence-electron chi connectivity index (χ2n) is 5.34. The van der Waals surface area contributed by atoms with Gasteiger partial charge in [-0.1, -0.05) is 37.3 Å². The number of hydrogen-bond acceptors (Lipinski definition) is 3. The summed E-state index contributed by atoms with van der Waals surface area (Å²) in [7, 11) is 0. The Balaban J connectivity index is 2.21. The number of benzene rings is 2. The van der Waals surface area contributed by atoms with Gasteiger partial charge in [-0.15, -0.1) is 0 Å². The molecule has 4 N–H and O–H groups in total. The maximum atomic E-state index is 12.3. The van der Waals surface area contributed by atoms with Crippen LogP contribution in [0.5, 0.6) is 0 Å². The lowest BCUT2D eigenvalue weighted by Gasteiger charge is -2.18. The Morgan fingerprint density at radius 1 is 1.18 bits per heavy atom. The zero-order valence-corrected chi connectivity index (χ0v) is 13.1. The van der Waals surface area contributed by atoms with Crippen LogP contribution in [-0.2, 0) is 0 Å². The van der Waals surface area contributed by atoms with Crippen molar-refractivity contribution in [2.75, 3.05) is 17.6 Å². The van der Waals surface area contributed by atoms with E-state index in [1.807, 2.05) is 31.2 Å². The van der Waals surface area contributed by atoms with Crippen molar-refractivity contribution in [3.05, 3.63) is 59.7 Å². The van der Waals surface area contributed by atoms with Gasteiger partial charge in [-0.3, -0.25) is 4.79 Å². The molecule has 2 rings (SSSR count). The van der Waals surface area contributed by atoms with Crippen LogP contribution < -0.4 is 16.4 Å². The van der Waals surface area contributed by atoms with Crippen molar-refractivity contribution in [2.45, 2.75) is 26.3 Å². The fourth-order valence-electron chi connectivity index (χ4n) is 2.27. The second-order valence-corrected chi connectivity index (χ2v) is 5.34. The van der Waals surface area contributed by atoms with E-state index in [9.17, 15) is 4.79 Å². The van der Waals surface area contributed by atoms with Gasteiger partial charge in [0.1, 0.15) is 0 Å². The van der Waals surface area contributed by atoms with Gasteiger partial charge in [0.25, 0.3) is 5.91 Å². The first-order valence-electron chi connectivity index (χ1n) is 7.61. The topological polar surface area (TPSA) is 67.2 Å². The van der Waals surface area contributed by atoms with Gasteiger partial charge in [0, 0.05) is 24.0 Å². The molecule has 0 spiro atoms. The fraction of sp³-hybridized carbons (Fsp3) is 0.278. The zero-order valence-electron chi connectivity index (χ0n) is 13.1. The Hall–Kier alpha value is -2.49. The molecule has 1 atom stereocenters. The summed E-state index contributed by atoms with van der Waals surface area (Å²) in [5.41, 5.74) is 8.95. The molecule has 116 valence electrons. The summed E-state index contributed by atoms with van der Waals surface area (Å²) < 4.78 is 0. The number of nitrogen functional groups attached to an aromatic ring is 1. The normalized spacial score (nSPS) is 11.7. The average Bonchev–Trinajstić information content (AvgIpc) is 2.55. The van der Waals surface area contributed by atoms with Gasteiger partial charge in [-0.2, -0.15) is 0 Å². The average molecular weight is 297 g/mol. The zero-order chi connectivity index (χ0) is 15.9. The molecule has 0 radical (unpaired) electrons. The lowest BCUT2D eigenvalue weighted by Crippen LogP contribution is -2.25. The molecule has 0 saturated heterocycles. The van der Waals surface area contributed by atoms with E-state index in [0.29, 0.717) is 17.8 Å². The molecule has 4 nitrogen and oxygen atoms in total. The van der Waals surface area contributed by atoms with E-state index >= 15 is 0 Å². The minimum Gasteiger partial charge on any atom is -0.399 e. The lowest BCUT2D eigenvalue weighted by molar-refractivity contribution is 0.0954. The fourth-order valence-corrected chi connectivity index (χ4v) is 2.27. The van der Waals surface area contributed by atoms with E-state index in [-0.39, 0.29) is 11.9 Å². The summed E-state index contributed by atoms with van der Waals surface area (Å²) in [5, 5.41) is 6.29. The highest BCUT2D eigenvalue weighted by atomic mass is 16.1. The Labute approximate surface area is 131 Å². The molecular formula is C18H23N3O. The SMILES string of the molecule is CCCNC(=O)c1cc(N)ccc1N[C@H](C)c1ccccc1. The van der Waals surface area contributed by atoms with Gasteiger partial charge >= 0.3 is 0 Å². The molecule has 0 unspecified atom stereocenters. The largest absolute Gasteiger partial charge is 0.399 e. The highest BCUT2D eigenvalue weighted by Gasteiger charge is 2.14. The van der Waals surface area contributed by atoms with Crippen molar-refractivity contribution >= 4 is 17.3 Å².